The first kappa shape index (κ1) is 21.3. The summed E-state index contributed by atoms with van der Waals surface area (Å²) in [6.07, 6.45) is -7.65. The standard InChI is InChI=1S/C21H21F3N8O/c1-11-25-16(8-17(26-11)32-20(27-12(2)29-32)18(33)21(22,23)24)31-9-13(10-31)19-28-14-6-4-5-7-15(14)30(19)3/h4-8,13,18,33H,9-10H2,1-3H3/t18-/m1/s1. The average Bonchev–Trinajstić information content (AvgIpc) is 3.26. The second kappa shape index (κ2) is 7.51. The number of rotatable bonds is 4. The van der Waals surface area contributed by atoms with Crippen molar-refractivity contribution in [3.05, 3.63) is 53.6 Å². The molecular formula is C21H21F3N8O. The van der Waals surface area contributed by atoms with Gasteiger partial charge in [0.1, 0.15) is 23.3 Å². The van der Waals surface area contributed by atoms with Crippen LogP contribution in [-0.2, 0) is 7.05 Å². The van der Waals surface area contributed by atoms with Gasteiger partial charge in [0.2, 0.25) is 6.10 Å². The molecule has 1 atom stereocenters. The SMILES string of the molecule is Cc1nc(N2CC(c3nc4ccccc4n3C)C2)cc(-n2nc(C)nc2[C@@H](O)C(F)(F)F)n1. The number of aromatic nitrogens is 7. The van der Waals surface area contributed by atoms with Gasteiger partial charge in [0.15, 0.2) is 11.6 Å². The van der Waals surface area contributed by atoms with Crippen LogP contribution in [0.3, 0.4) is 0 Å². The van der Waals surface area contributed by atoms with E-state index in [1.165, 1.54) is 6.92 Å². The quantitative estimate of drug-likeness (QED) is 0.502. The molecule has 3 aromatic heterocycles. The largest absolute Gasteiger partial charge is 0.421 e. The molecule has 0 bridgehead atoms. The van der Waals surface area contributed by atoms with Gasteiger partial charge in [-0.2, -0.15) is 17.9 Å². The monoisotopic (exact) mass is 458 g/mol. The van der Waals surface area contributed by atoms with Gasteiger partial charge >= 0.3 is 6.18 Å². The topological polar surface area (TPSA) is 97.8 Å². The molecule has 1 aromatic carbocycles. The Morgan fingerprint density at radius 2 is 1.70 bits per heavy atom. The van der Waals surface area contributed by atoms with Crippen LogP contribution in [0, 0.1) is 13.8 Å². The third kappa shape index (κ3) is 3.69. The molecule has 1 fully saturated rings. The molecule has 0 spiro atoms. The predicted octanol–water partition coefficient (Wildman–Crippen LogP) is 2.76. The summed E-state index contributed by atoms with van der Waals surface area (Å²) in [5.41, 5.74) is 1.99. The van der Waals surface area contributed by atoms with Crippen LogP contribution in [0.1, 0.15) is 35.3 Å². The maximum atomic E-state index is 13.1. The molecule has 9 nitrogen and oxygen atoms in total. The molecule has 5 rings (SSSR count). The highest BCUT2D eigenvalue weighted by molar-refractivity contribution is 5.76. The molecule has 0 aliphatic carbocycles. The van der Waals surface area contributed by atoms with Gasteiger partial charge in [-0.1, -0.05) is 12.1 Å². The second-order valence-corrected chi connectivity index (χ2v) is 8.12. The maximum absolute atomic E-state index is 13.1. The zero-order valence-electron chi connectivity index (χ0n) is 18.1. The van der Waals surface area contributed by atoms with Crippen molar-refractivity contribution in [2.75, 3.05) is 18.0 Å². The molecule has 0 unspecified atom stereocenters. The Bertz CT molecular complexity index is 1340. The van der Waals surface area contributed by atoms with Crippen LogP contribution in [0.5, 0.6) is 0 Å². The van der Waals surface area contributed by atoms with E-state index >= 15 is 0 Å². The smallest absolute Gasteiger partial charge is 0.377 e. The zero-order valence-corrected chi connectivity index (χ0v) is 18.1. The number of alkyl halides is 3. The Balaban J connectivity index is 1.43. The lowest BCUT2D eigenvalue weighted by Crippen LogP contribution is -2.46. The van der Waals surface area contributed by atoms with E-state index in [4.69, 9.17) is 4.98 Å². The number of hydrogen-bond acceptors (Lipinski definition) is 7. The van der Waals surface area contributed by atoms with E-state index in [-0.39, 0.29) is 17.6 Å². The van der Waals surface area contributed by atoms with Crippen molar-refractivity contribution in [1.29, 1.82) is 0 Å². The number of aliphatic hydroxyl groups excluding tert-OH is 1. The minimum absolute atomic E-state index is 0.0944. The highest BCUT2D eigenvalue weighted by Gasteiger charge is 2.43. The Kier molecular flexibility index (Phi) is 4.85. The molecule has 1 saturated heterocycles. The number of hydrogen-bond donors (Lipinski definition) is 1. The summed E-state index contributed by atoms with van der Waals surface area (Å²) in [7, 11) is 1.99. The Morgan fingerprint density at radius 3 is 2.39 bits per heavy atom. The summed E-state index contributed by atoms with van der Waals surface area (Å²) < 4.78 is 42.4. The zero-order chi connectivity index (χ0) is 23.5. The molecule has 33 heavy (non-hydrogen) atoms. The summed E-state index contributed by atoms with van der Waals surface area (Å²) in [6, 6.07) is 9.48. The first-order chi connectivity index (χ1) is 15.6. The molecule has 4 heterocycles. The van der Waals surface area contributed by atoms with Gasteiger partial charge in [-0.3, -0.25) is 0 Å². The third-order valence-electron chi connectivity index (χ3n) is 5.71. The lowest BCUT2D eigenvalue weighted by molar-refractivity contribution is -0.209. The van der Waals surface area contributed by atoms with Crippen molar-refractivity contribution in [3.63, 3.8) is 0 Å². The molecule has 12 heteroatoms. The molecule has 1 aliphatic heterocycles. The molecule has 0 saturated carbocycles. The van der Waals surface area contributed by atoms with Crippen LogP contribution in [0.2, 0.25) is 0 Å². The van der Waals surface area contributed by atoms with E-state index in [0.717, 1.165) is 21.5 Å². The van der Waals surface area contributed by atoms with Gasteiger partial charge < -0.3 is 14.6 Å². The summed E-state index contributed by atoms with van der Waals surface area (Å²) in [5.74, 6) is 1.67. The van der Waals surface area contributed by atoms with Gasteiger partial charge in [-0.05, 0) is 26.0 Å². The van der Waals surface area contributed by atoms with Crippen molar-refractivity contribution >= 4 is 16.9 Å². The number of nitrogens with zero attached hydrogens (tertiary/aromatic N) is 8. The summed E-state index contributed by atoms with van der Waals surface area (Å²) >= 11 is 0. The summed E-state index contributed by atoms with van der Waals surface area (Å²) in [4.78, 5) is 19.2. The normalized spacial score (nSPS) is 15.8. The summed E-state index contributed by atoms with van der Waals surface area (Å²) in [6.45, 7) is 4.41. The van der Waals surface area contributed by atoms with Gasteiger partial charge in [0.25, 0.3) is 0 Å². The first-order valence-corrected chi connectivity index (χ1v) is 10.3. The number of anilines is 1. The highest BCUT2D eigenvalue weighted by atomic mass is 19.4. The van der Waals surface area contributed by atoms with Crippen molar-refractivity contribution in [3.8, 4) is 5.82 Å². The van der Waals surface area contributed by atoms with Gasteiger partial charge in [-0.25, -0.2) is 19.9 Å². The molecular weight excluding hydrogens is 437 g/mol. The number of para-hydroxylation sites is 2. The van der Waals surface area contributed by atoms with E-state index in [1.807, 2.05) is 36.2 Å². The minimum atomic E-state index is -4.88. The predicted molar refractivity (Wildman–Crippen MR) is 113 cm³/mol. The number of aryl methyl sites for hydroxylation is 3. The summed E-state index contributed by atoms with van der Waals surface area (Å²) in [5, 5.41) is 13.8. The first-order valence-electron chi connectivity index (χ1n) is 10.3. The Labute approximate surface area is 186 Å². The van der Waals surface area contributed by atoms with Crippen LogP contribution in [0.15, 0.2) is 30.3 Å². The van der Waals surface area contributed by atoms with Gasteiger partial charge in [-0.15, -0.1) is 5.10 Å². The van der Waals surface area contributed by atoms with Crippen molar-refractivity contribution in [2.24, 2.45) is 7.05 Å². The lowest BCUT2D eigenvalue weighted by Gasteiger charge is -2.39. The Hall–Kier alpha value is -3.54. The van der Waals surface area contributed by atoms with Crippen molar-refractivity contribution in [2.45, 2.75) is 32.0 Å². The third-order valence-corrected chi connectivity index (χ3v) is 5.71. The van der Waals surface area contributed by atoms with Crippen molar-refractivity contribution < 1.29 is 18.3 Å². The minimum Gasteiger partial charge on any atom is -0.377 e. The fourth-order valence-electron chi connectivity index (χ4n) is 4.09. The highest BCUT2D eigenvalue weighted by Crippen LogP contribution is 2.34. The lowest BCUT2D eigenvalue weighted by atomic mass is 9.99. The number of halogens is 3. The molecule has 172 valence electrons. The number of imidazole rings is 1. The van der Waals surface area contributed by atoms with E-state index in [0.29, 0.717) is 24.7 Å². The molecule has 1 N–H and O–H groups in total. The fraction of sp³-hybridized carbons (Fsp3) is 0.381. The number of fused-ring (bicyclic) bond motifs is 1. The molecule has 0 amide bonds. The van der Waals surface area contributed by atoms with Crippen LogP contribution in [0.25, 0.3) is 16.9 Å². The molecule has 4 aromatic rings. The van der Waals surface area contributed by atoms with Gasteiger partial charge in [0, 0.05) is 26.2 Å². The fourth-order valence-corrected chi connectivity index (χ4v) is 4.09. The van der Waals surface area contributed by atoms with Crippen LogP contribution in [-0.4, -0.2) is 58.7 Å². The van der Waals surface area contributed by atoms with E-state index in [1.54, 1.807) is 13.0 Å². The van der Waals surface area contributed by atoms with Gasteiger partial charge in [0.05, 0.1) is 17.0 Å². The van der Waals surface area contributed by atoms with Crippen molar-refractivity contribution in [1.82, 2.24) is 34.3 Å². The average molecular weight is 458 g/mol. The maximum Gasteiger partial charge on any atom is 0.421 e. The number of benzene rings is 1. The second-order valence-electron chi connectivity index (χ2n) is 8.12. The Morgan fingerprint density at radius 1 is 1.00 bits per heavy atom. The molecule has 1 aliphatic rings. The van der Waals surface area contributed by atoms with E-state index in [2.05, 4.69) is 24.6 Å². The number of aliphatic hydroxyl groups is 1. The van der Waals surface area contributed by atoms with E-state index in [9.17, 15) is 18.3 Å². The van der Waals surface area contributed by atoms with E-state index < -0.39 is 18.1 Å². The van der Waals surface area contributed by atoms with Crippen LogP contribution in [0.4, 0.5) is 19.0 Å². The van der Waals surface area contributed by atoms with Crippen LogP contribution >= 0.6 is 0 Å². The van der Waals surface area contributed by atoms with Crippen LogP contribution < -0.4 is 4.90 Å². The molecule has 0 radical (unpaired) electrons.